The van der Waals surface area contributed by atoms with Crippen LogP contribution >= 0.6 is 0 Å². The number of aromatic nitrogens is 1. The predicted molar refractivity (Wildman–Crippen MR) is 265 cm³/mol. The highest BCUT2D eigenvalue weighted by Crippen LogP contribution is 2.42. The number of amides is 2. The number of H-pyrrole nitrogens is 1. The van der Waals surface area contributed by atoms with Crippen LogP contribution in [0.15, 0.2) is 108 Å². The van der Waals surface area contributed by atoms with Crippen molar-refractivity contribution in [3.05, 3.63) is 130 Å². The lowest BCUT2D eigenvalue weighted by Gasteiger charge is -2.39. The van der Waals surface area contributed by atoms with Gasteiger partial charge >= 0.3 is 6.09 Å². The maximum Gasteiger partial charge on any atom is 0.411 e. The van der Waals surface area contributed by atoms with Crippen molar-refractivity contribution in [1.29, 1.82) is 0 Å². The Morgan fingerprint density at radius 2 is 1.56 bits per heavy atom. The van der Waals surface area contributed by atoms with E-state index >= 15 is 0 Å². The van der Waals surface area contributed by atoms with Crippen LogP contribution in [0.1, 0.15) is 62.8 Å². The smallest absolute Gasteiger partial charge is 0.411 e. The minimum absolute atomic E-state index is 0.0192. The van der Waals surface area contributed by atoms with Crippen molar-refractivity contribution < 1.29 is 28.6 Å². The van der Waals surface area contributed by atoms with Gasteiger partial charge in [0.25, 0.3) is 0 Å². The number of benzene rings is 4. The largest absolute Gasteiger partial charge is 0.506 e. The molecule has 4 aromatic carbocycles. The summed E-state index contributed by atoms with van der Waals surface area (Å²) in [7, 11) is -0.390. The lowest BCUT2D eigenvalue weighted by Crippen LogP contribution is -2.44. The molecule has 1 aliphatic heterocycles. The van der Waals surface area contributed by atoms with Crippen molar-refractivity contribution in [1.82, 2.24) is 20.1 Å². The number of nitrogens with zero attached hydrogens (tertiary/aromatic N) is 2. The van der Waals surface area contributed by atoms with Gasteiger partial charge in [-0.05, 0) is 96.1 Å². The number of para-hydroxylation sites is 1. The number of nitrogens with one attached hydrogen (secondary N) is 3. The molecule has 4 N–H and O–H groups in total. The standard InChI is InChI=1S/C53H69N5O7Si/c1-53(2,3)66(5,6)65-48(44-20-22-47(59)51-45(44)21-23-49(60)56-51)34-54-27-29-57(4)50(61)26-31-63-30-25-38-18-16-37(17-19-38)24-28-58-35-40-32-42(33-41(40)36-58)64-52(62)55-46-15-11-10-14-43(46)39-12-8-7-9-13-39/h7-23,40-42,48,54,59H,24-36H2,1-6H3,(H,55,62)(H,56,60)/t40-,41?,42?,48-/m0/s1. The number of pyridine rings is 1. The van der Waals surface area contributed by atoms with Gasteiger partial charge < -0.3 is 39.1 Å². The molecular weight excluding hydrogens is 847 g/mol. The Balaban J connectivity index is 0.763. The Morgan fingerprint density at radius 1 is 0.879 bits per heavy atom. The van der Waals surface area contributed by atoms with Crippen LogP contribution in [0.2, 0.25) is 18.1 Å². The van der Waals surface area contributed by atoms with Crippen LogP contribution in [0.3, 0.4) is 0 Å². The molecule has 12 nitrogen and oxygen atoms in total. The van der Waals surface area contributed by atoms with Crippen molar-refractivity contribution in [2.24, 2.45) is 11.8 Å². The summed E-state index contributed by atoms with van der Waals surface area (Å²) in [6, 6.07) is 33.4. The van der Waals surface area contributed by atoms with Crippen molar-refractivity contribution in [2.45, 2.75) is 83.2 Å². The average molecular weight is 916 g/mol. The van der Waals surface area contributed by atoms with Gasteiger partial charge in [-0.1, -0.05) is 99.6 Å². The zero-order valence-electron chi connectivity index (χ0n) is 39.6. The molecule has 2 aliphatic rings. The first kappa shape index (κ1) is 48.6. The van der Waals surface area contributed by atoms with Crippen LogP contribution in [0.25, 0.3) is 22.0 Å². The molecule has 66 heavy (non-hydrogen) atoms. The Kier molecular flexibility index (Phi) is 16.2. The number of hydrogen-bond acceptors (Lipinski definition) is 9. The number of aromatic amines is 1. The number of anilines is 1. The summed E-state index contributed by atoms with van der Waals surface area (Å²) < 4.78 is 18.7. The molecule has 0 bridgehead atoms. The Morgan fingerprint density at radius 3 is 2.27 bits per heavy atom. The summed E-state index contributed by atoms with van der Waals surface area (Å²) in [6.07, 6.45) is 3.17. The average Bonchev–Trinajstić information content (AvgIpc) is 3.85. The molecule has 2 heterocycles. The third kappa shape index (κ3) is 12.8. The highest BCUT2D eigenvalue weighted by molar-refractivity contribution is 6.74. The zero-order chi connectivity index (χ0) is 46.8. The Hall–Kier alpha value is -5.31. The molecule has 0 radical (unpaired) electrons. The second-order valence-electron chi connectivity index (χ2n) is 19.7. The van der Waals surface area contributed by atoms with Crippen molar-refractivity contribution in [3.63, 3.8) is 0 Å². The number of aromatic hydroxyl groups is 1. The van der Waals surface area contributed by atoms with Gasteiger partial charge in [0.1, 0.15) is 11.9 Å². The van der Waals surface area contributed by atoms with Crippen molar-refractivity contribution in [3.8, 4) is 16.9 Å². The Labute approximate surface area is 391 Å². The van der Waals surface area contributed by atoms with Gasteiger partial charge in [-0.3, -0.25) is 14.9 Å². The summed E-state index contributed by atoms with van der Waals surface area (Å²) in [5, 5.41) is 17.7. The third-order valence-electron chi connectivity index (χ3n) is 13.9. The first-order valence-corrected chi connectivity index (χ1v) is 26.5. The number of ether oxygens (including phenoxy) is 2. The summed E-state index contributed by atoms with van der Waals surface area (Å²) in [6.45, 7) is 16.7. The molecule has 1 aromatic heterocycles. The van der Waals surface area contributed by atoms with E-state index in [2.05, 4.69) is 78.6 Å². The molecule has 1 saturated carbocycles. The van der Waals surface area contributed by atoms with Crippen LogP contribution < -0.4 is 16.2 Å². The number of rotatable bonds is 20. The van der Waals surface area contributed by atoms with E-state index in [1.165, 1.54) is 17.2 Å². The van der Waals surface area contributed by atoms with Gasteiger partial charge in [-0.2, -0.15) is 0 Å². The van der Waals surface area contributed by atoms with Gasteiger partial charge in [0.05, 0.1) is 36.9 Å². The van der Waals surface area contributed by atoms with Crippen molar-refractivity contribution in [2.75, 3.05) is 64.8 Å². The Bertz CT molecular complexity index is 2440. The second-order valence-corrected chi connectivity index (χ2v) is 24.4. The first-order valence-electron chi connectivity index (χ1n) is 23.6. The van der Waals surface area contributed by atoms with Gasteiger partial charge in [0.2, 0.25) is 11.5 Å². The van der Waals surface area contributed by atoms with E-state index in [-0.39, 0.29) is 40.6 Å². The third-order valence-corrected chi connectivity index (χ3v) is 18.4. The number of fused-ring (bicyclic) bond motifs is 2. The molecule has 0 spiro atoms. The van der Waals surface area contributed by atoms with E-state index in [4.69, 9.17) is 13.9 Å². The van der Waals surface area contributed by atoms with E-state index in [0.717, 1.165) is 73.1 Å². The van der Waals surface area contributed by atoms with E-state index in [0.29, 0.717) is 56.6 Å². The highest BCUT2D eigenvalue weighted by Gasteiger charge is 2.42. The van der Waals surface area contributed by atoms with E-state index in [1.807, 2.05) is 67.7 Å². The van der Waals surface area contributed by atoms with Gasteiger partial charge in [0, 0.05) is 63.3 Å². The molecule has 1 aliphatic carbocycles. The molecular formula is C53H69N5O7Si. The highest BCUT2D eigenvalue weighted by atomic mass is 28.4. The molecule has 4 atom stereocenters. The van der Waals surface area contributed by atoms with Crippen LogP contribution in [0, 0.1) is 11.8 Å². The quantitative estimate of drug-likeness (QED) is 0.0444. The fourth-order valence-corrected chi connectivity index (χ4v) is 10.3. The van der Waals surface area contributed by atoms with E-state index < -0.39 is 8.32 Å². The number of phenols is 1. The molecule has 352 valence electrons. The normalized spacial score (nSPS) is 18.0. The van der Waals surface area contributed by atoms with Gasteiger partial charge in [-0.25, -0.2) is 4.79 Å². The minimum atomic E-state index is -2.21. The zero-order valence-corrected chi connectivity index (χ0v) is 40.6. The summed E-state index contributed by atoms with van der Waals surface area (Å²) in [5.74, 6) is 1.16. The topological polar surface area (TPSA) is 145 Å². The molecule has 2 amide bonds. The first-order chi connectivity index (χ1) is 31.6. The fourth-order valence-electron chi connectivity index (χ4n) is 9.07. The molecule has 7 rings (SSSR count). The molecule has 5 aromatic rings. The number of phenolic OH excluding ortho intramolecular Hbond substituents is 1. The van der Waals surface area contributed by atoms with Crippen LogP contribution in [0.4, 0.5) is 10.5 Å². The summed E-state index contributed by atoms with van der Waals surface area (Å²) >= 11 is 0. The van der Waals surface area contributed by atoms with Crippen LogP contribution in [-0.2, 0) is 31.5 Å². The molecule has 1 saturated heterocycles. The number of carbonyl (C=O) groups is 2. The van der Waals surface area contributed by atoms with Crippen LogP contribution in [-0.4, -0.2) is 106 Å². The van der Waals surface area contributed by atoms with Gasteiger partial charge in [0.15, 0.2) is 8.32 Å². The van der Waals surface area contributed by atoms with E-state index in [1.54, 1.807) is 17.0 Å². The summed E-state index contributed by atoms with van der Waals surface area (Å²) in [4.78, 5) is 45.0. The van der Waals surface area contributed by atoms with E-state index in [9.17, 15) is 19.5 Å². The second kappa shape index (κ2) is 22.0. The molecule has 13 heteroatoms. The number of carbonyl (C=O) groups excluding carboxylic acids is 2. The maximum atomic E-state index is 13.0. The minimum Gasteiger partial charge on any atom is -0.506 e. The predicted octanol–water partition coefficient (Wildman–Crippen LogP) is 9.16. The number of likely N-dealkylation sites (N-methyl/N-ethyl adjacent to an activating group) is 1. The maximum absolute atomic E-state index is 13.0. The molecule has 2 unspecified atom stereocenters. The number of likely N-dealkylation sites (tertiary alicyclic amines) is 1. The number of hydrogen-bond donors (Lipinski definition) is 4. The monoisotopic (exact) mass is 915 g/mol. The van der Waals surface area contributed by atoms with Crippen LogP contribution in [0.5, 0.6) is 5.75 Å². The van der Waals surface area contributed by atoms with Gasteiger partial charge in [-0.15, -0.1) is 0 Å². The molecule has 2 fully saturated rings. The summed E-state index contributed by atoms with van der Waals surface area (Å²) in [5.41, 5.74) is 6.33. The SMILES string of the molecule is CN(CCNC[C@H](O[Si](C)(C)C(C)(C)C)c1ccc(O)c2[nH]c(=O)ccc12)C(=O)CCOCCc1ccc(CCN2CC3CC(OC(=O)Nc4ccccc4-c4ccccc4)C[C@H]3C2)cc1. The van der Waals surface area contributed by atoms with Crippen molar-refractivity contribution >= 4 is 36.9 Å². The lowest BCUT2D eigenvalue weighted by atomic mass is 10.0. The lowest BCUT2D eigenvalue weighted by molar-refractivity contribution is -0.131. The fraction of sp³-hybridized carbons (Fsp3) is 0.453.